The van der Waals surface area contributed by atoms with E-state index in [0.29, 0.717) is 13.1 Å². The first kappa shape index (κ1) is 13.6. The minimum absolute atomic E-state index is 0.0330. The first-order valence-corrected chi connectivity index (χ1v) is 6.70. The Balaban J connectivity index is 2.07. The van der Waals surface area contributed by atoms with Crippen molar-refractivity contribution in [2.24, 2.45) is 5.92 Å². The summed E-state index contributed by atoms with van der Waals surface area (Å²) in [5, 5.41) is 8.86. The first-order valence-electron chi connectivity index (χ1n) is 6.70. The number of carboxylic acids is 1. The Morgan fingerprint density at radius 1 is 1.42 bits per heavy atom. The van der Waals surface area contributed by atoms with E-state index in [9.17, 15) is 9.59 Å². The summed E-state index contributed by atoms with van der Waals surface area (Å²) < 4.78 is 0. The lowest BCUT2D eigenvalue weighted by molar-refractivity contribution is -0.138. The molecule has 1 unspecified atom stereocenters. The van der Waals surface area contributed by atoms with E-state index >= 15 is 0 Å². The number of benzene rings is 1. The molecule has 1 aromatic rings. The van der Waals surface area contributed by atoms with Gasteiger partial charge >= 0.3 is 5.97 Å². The summed E-state index contributed by atoms with van der Waals surface area (Å²) >= 11 is 0. The van der Waals surface area contributed by atoms with Crippen LogP contribution in [0.1, 0.15) is 35.7 Å². The molecule has 0 aliphatic carbocycles. The number of amides is 1. The Kier molecular flexibility index (Phi) is 4.20. The van der Waals surface area contributed by atoms with Gasteiger partial charge in [0.2, 0.25) is 0 Å². The second-order valence-electron chi connectivity index (χ2n) is 5.03. The van der Waals surface area contributed by atoms with Crippen LogP contribution in [-0.2, 0) is 11.2 Å². The topological polar surface area (TPSA) is 57.6 Å². The Morgan fingerprint density at radius 3 is 2.84 bits per heavy atom. The normalized spacial score (nSPS) is 16.1. The molecule has 19 heavy (non-hydrogen) atoms. The van der Waals surface area contributed by atoms with E-state index < -0.39 is 5.97 Å². The highest BCUT2D eigenvalue weighted by Crippen LogP contribution is 2.21. The van der Waals surface area contributed by atoms with Gasteiger partial charge < -0.3 is 10.0 Å². The Bertz CT molecular complexity index is 484. The SMILES string of the molecule is CCC(CC(=O)O)CN1CCc2ccccc2C1=O. The third-order valence-electron chi connectivity index (χ3n) is 3.71. The van der Waals surface area contributed by atoms with Crippen molar-refractivity contribution in [1.29, 1.82) is 0 Å². The second kappa shape index (κ2) is 5.87. The summed E-state index contributed by atoms with van der Waals surface area (Å²) in [6.07, 6.45) is 1.76. The Morgan fingerprint density at radius 2 is 2.16 bits per heavy atom. The van der Waals surface area contributed by atoms with Crippen molar-refractivity contribution >= 4 is 11.9 Å². The third-order valence-corrected chi connectivity index (χ3v) is 3.71. The summed E-state index contributed by atoms with van der Waals surface area (Å²) in [7, 11) is 0. The van der Waals surface area contributed by atoms with Gasteiger partial charge in [0.25, 0.3) is 5.91 Å². The summed E-state index contributed by atoms with van der Waals surface area (Å²) in [5.41, 5.74) is 1.86. The van der Waals surface area contributed by atoms with Crippen molar-refractivity contribution in [3.05, 3.63) is 35.4 Å². The van der Waals surface area contributed by atoms with Crippen molar-refractivity contribution in [2.45, 2.75) is 26.2 Å². The standard InChI is InChI=1S/C15H19NO3/c1-2-11(9-14(17)18)10-16-8-7-12-5-3-4-6-13(12)15(16)19/h3-6,11H,2,7-10H2,1H3,(H,17,18). The van der Waals surface area contributed by atoms with Crippen LogP contribution in [0.4, 0.5) is 0 Å². The minimum Gasteiger partial charge on any atom is -0.481 e. The zero-order valence-electron chi connectivity index (χ0n) is 11.1. The van der Waals surface area contributed by atoms with Gasteiger partial charge in [0.05, 0.1) is 0 Å². The lowest BCUT2D eigenvalue weighted by atomic mass is 9.96. The molecular weight excluding hydrogens is 242 g/mol. The average Bonchev–Trinajstić information content (AvgIpc) is 2.40. The predicted octanol–water partition coefficient (Wildman–Crippen LogP) is 2.19. The number of carbonyl (C=O) groups excluding carboxylic acids is 1. The van der Waals surface area contributed by atoms with Crippen LogP contribution in [0.15, 0.2) is 24.3 Å². The molecule has 0 saturated heterocycles. The van der Waals surface area contributed by atoms with Crippen molar-refractivity contribution in [1.82, 2.24) is 4.90 Å². The molecule has 1 N–H and O–H groups in total. The van der Waals surface area contributed by atoms with Gasteiger partial charge in [-0.3, -0.25) is 9.59 Å². The number of rotatable bonds is 5. The van der Waals surface area contributed by atoms with Crippen molar-refractivity contribution in [2.75, 3.05) is 13.1 Å². The maximum atomic E-state index is 12.3. The van der Waals surface area contributed by atoms with Gasteiger partial charge in [0.1, 0.15) is 0 Å². The number of fused-ring (bicyclic) bond motifs is 1. The van der Waals surface area contributed by atoms with Crippen LogP contribution >= 0.6 is 0 Å². The maximum Gasteiger partial charge on any atom is 0.303 e. The molecule has 0 aromatic heterocycles. The van der Waals surface area contributed by atoms with Crippen LogP contribution in [0.2, 0.25) is 0 Å². The number of carboxylic acid groups (broad SMARTS) is 1. The fourth-order valence-electron chi connectivity index (χ4n) is 2.55. The molecule has 0 spiro atoms. The third kappa shape index (κ3) is 3.13. The second-order valence-corrected chi connectivity index (χ2v) is 5.03. The van der Waals surface area contributed by atoms with Gasteiger partial charge in [-0.2, -0.15) is 0 Å². The quantitative estimate of drug-likeness (QED) is 0.884. The summed E-state index contributed by atoms with van der Waals surface area (Å²) in [6, 6.07) is 7.65. The average molecular weight is 261 g/mol. The summed E-state index contributed by atoms with van der Waals surface area (Å²) in [4.78, 5) is 24.9. The zero-order valence-corrected chi connectivity index (χ0v) is 11.1. The van der Waals surface area contributed by atoms with E-state index in [1.165, 1.54) is 0 Å². The van der Waals surface area contributed by atoms with Crippen LogP contribution in [-0.4, -0.2) is 35.0 Å². The molecule has 102 valence electrons. The lowest BCUT2D eigenvalue weighted by Gasteiger charge is -2.31. The van der Waals surface area contributed by atoms with Crippen molar-refractivity contribution < 1.29 is 14.7 Å². The number of hydrogen-bond acceptors (Lipinski definition) is 2. The predicted molar refractivity (Wildman–Crippen MR) is 72.1 cm³/mol. The first-order chi connectivity index (χ1) is 9.11. The molecule has 0 saturated carbocycles. The fraction of sp³-hybridized carbons (Fsp3) is 0.467. The largest absolute Gasteiger partial charge is 0.481 e. The van der Waals surface area contributed by atoms with E-state index in [4.69, 9.17) is 5.11 Å². The summed E-state index contributed by atoms with van der Waals surface area (Å²) in [6.45, 7) is 3.19. The molecule has 1 aromatic carbocycles. The Hall–Kier alpha value is -1.84. The molecule has 1 heterocycles. The van der Waals surface area contributed by atoms with Crippen molar-refractivity contribution in [3.8, 4) is 0 Å². The molecule has 0 bridgehead atoms. The molecule has 0 radical (unpaired) electrons. The zero-order chi connectivity index (χ0) is 13.8. The van der Waals surface area contributed by atoms with Crippen LogP contribution < -0.4 is 0 Å². The number of nitrogens with zero attached hydrogens (tertiary/aromatic N) is 1. The van der Waals surface area contributed by atoms with E-state index in [-0.39, 0.29) is 18.2 Å². The molecular formula is C15H19NO3. The number of carbonyl (C=O) groups is 2. The van der Waals surface area contributed by atoms with E-state index in [2.05, 4.69) is 0 Å². The van der Waals surface area contributed by atoms with E-state index in [1.54, 1.807) is 4.90 Å². The number of hydrogen-bond donors (Lipinski definition) is 1. The van der Waals surface area contributed by atoms with Gasteiger partial charge in [-0.05, 0) is 24.0 Å². The molecule has 1 aliphatic rings. The van der Waals surface area contributed by atoms with Crippen LogP contribution in [0.5, 0.6) is 0 Å². The van der Waals surface area contributed by atoms with Gasteiger partial charge in [-0.15, -0.1) is 0 Å². The van der Waals surface area contributed by atoms with E-state index in [1.807, 2.05) is 31.2 Å². The monoisotopic (exact) mass is 261 g/mol. The maximum absolute atomic E-state index is 12.3. The van der Waals surface area contributed by atoms with Gasteiger partial charge in [0.15, 0.2) is 0 Å². The molecule has 1 amide bonds. The van der Waals surface area contributed by atoms with Crippen LogP contribution in [0.3, 0.4) is 0 Å². The summed E-state index contributed by atoms with van der Waals surface area (Å²) in [5.74, 6) is -0.728. The lowest BCUT2D eigenvalue weighted by Crippen LogP contribution is -2.40. The molecule has 1 aliphatic heterocycles. The highest BCUT2D eigenvalue weighted by Gasteiger charge is 2.26. The number of aliphatic carboxylic acids is 1. The van der Waals surface area contributed by atoms with E-state index in [0.717, 1.165) is 24.0 Å². The molecule has 2 rings (SSSR count). The Labute approximate surface area is 113 Å². The van der Waals surface area contributed by atoms with Crippen molar-refractivity contribution in [3.63, 3.8) is 0 Å². The smallest absolute Gasteiger partial charge is 0.303 e. The van der Waals surface area contributed by atoms with Crippen LogP contribution in [0, 0.1) is 5.92 Å². The molecule has 1 atom stereocenters. The van der Waals surface area contributed by atoms with Crippen LogP contribution in [0.25, 0.3) is 0 Å². The van der Waals surface area contributed by atoms with Gasteiger partial charge in [-0.25, -0.2) is 0 Å². The highest BCUT2D eigenvalue weighted by molar-refractivity contribution is 5.96. The minimum atomic E-state index is -0.795. The molecule has 0 fully saturated rings. The van der Waals surface area contributed by atoms with Gasteiger partial charge in [0, 0.05) is 25.1 Å². The molecule has 4 nitrogen and oxygen atoms in total. The molecule has 4 heteroatoms. The van der Waals surface area contributed by atoms with Gasteiger partial charge in [-0.1, -0.05) is 31.5 Å². The fourth-order valence-corrected chi connectivity index (χ4v) is 2.55. The highest BCUT2D eigenvalue weighted by atomic mass is 16.4.